The highest BCUT2D eigenvalue weighted by Gasteiger charge is 1.75. The van der Waals surface area contributed by atoms with Crippen molar-refractivity contribution in [2.45, 2.75) is 13.8 Å². The summed E-state index contributed by atoms with van der Waals surface area (Å²) in [7, 11) is 0. The van der Waals surface area contributed by atoms with E-state index in [1.165, 1.54) is 6.33 Å². The first-order valence-corrected chi connectivity index (χ1v) is 3.93. The molecule has 0 bridgehead atoms. The number of nitrogens with zero attached hydrogens (tertiary/aromatic N) is 2. The number of aryl methyl sites for hydroxylation is 1. The Morgan fingerprint density at radius 2 is 2.21 bits per heavy atom. The smallest absolute Gasteiger partial charge is 0.221 e. The lowest BCUT2D eigenvalue weighted by Gasteiger charge is -1.66. The Morgan fingerprint density at radius 1 is 1.79 bits per heavy atom. The predicted octanol–water partition coefficient (Wildman–Crippen LogP) is -0.988. The Kier molecular flexibility index (Phi) is 12.2. The molecule has 8 heteroatoms. The summed E-state index contributed by atoms with van der Waals surface area (Å²) < 4.78 is 0. The summed E-state index contributed by atoms with van der Waals surface area (Å²) in [6.07, 6.45) is 1.88. The van der Waals surface area contributed by atoms with Crippen LogP contribution in [0.2, 0.25) is 0 Å². The van der Waals surface area contributed by atoms with Gasteiger partial charge in [0.25, 0.3) is 0 Å². The highest BCUT2D eigenvalue weighted by molar-refractivity contribution is 7.80. The minimum absolute atomic E-state index is 0.403. The van der Waals surface area contributed by atoms with Crippen LogP contribution in [0.4, 0.5) is 0 Å². The Labute approximate surface area is 87.2 Å². The van der Waals surface area contributed by atoms with Crippen LogP contribution in [0.15, 0.2) is 6.33 Å². The van der Waals surface area contributed by atoms with Gasteiger partial charge in [0, 0.05) is 0 Å². The van der Waals surface area contributed by atoms with E-state index in [1.54, 1.807) is 12.3 Å². The van der Waals surface area contributed by atoms with Gasteiger partial charge in [-0.05, 0) is 13.8 Å². The average Bonchev–Trinajstić information content (AvgIpc) is 2.55. The molecule has 1 aromatic heterocycles. The number of aromatic amines is 1. The van der Waals surface area contributed by atoms with Gasteiger partial charge < -0.3 is 5.73 Å². The number of hydrazine groups is 1. The number of aromatic nitrogens is 3. The molecule has 1 amide bonds. The van der Waals surface area contributed by atoms with Crippen molar-refractivity contribution < 1.29 is 4.79 Å². The molecule has 0 aromatic carbocycles. The first-order valence-electron chi connectivity index (χ1n) is 3.52. The Balaban J connectivity index is 0. The molecule has 0 atom stereocenters. The number of amides is 1. The maximum absolute atomic E-state index is 8.94. The molecule has 1 heterocycles. The number of nitrogens with one attached hydrogen (secondary N) is 2. The molecule has 0 fully saturated rings. The third kappa shape index (κ3) is 22.4. The maximum atomic E-state index is 8.94. The Morgan fingerprint density at radius 3 is 2.29 bits per heavy atom. The number of rotatable bonds is 1. The highest BCUT2D eigenvalue weighted by atomic mass is 32.1. The van der Waals surface area contributed by atoms with Gasteiger partial charge >= 0.3 is 0 Å². The fraction of sp³-hybridized carbons (Fsp3) is 0.333. The molecule has 0 spiro atoms. The normalized spacial score (nSPS) is 7.07. The van der Waals surface area contributed by atoms with Crippen LogP contribution < -0.4 is 17.0 Å². The molecular formula is C6H14N6OS. The quantitative estimate of drug-likeness (QED) is 0.158. The molecule has 6 N–H and O–H groups in total. The van der Waals surface area contributed by atoms with Crippen LogP contribution in [0.1, 0.15) is 12.7 Å². The van der Waals surface area contributed by atoms with Crippen LogP contribution in [0, 0.1) is 6.92 Å². The molecule has 0 saturated heterocycles. The van der Waals surface area contributed by atoms with E-state index in [0.717, 1.165) is 5.82 Å². The van der Waals surface area contributed by atoms with Crippen LogP contribution in [-0.2, 0) is 4.79 Å². The van der Waals surface area contributed by atoms with E-state index in [1.807, 2.05) is 6.92 Å². The molecule has 1 rings (SSSR count). The summed E-state index contributed by atoms with van der Waals surface area (Å²) in [5, 5.41) is 6.22. The minimum atomic E-state index is 0.403. The fourth-order valence-electron chi connectivity index (χ4n) is 0.267. The van der Waals surface area contributed by atoms with Crippen LogP contribution in [0.25, 0.3) is 0 Å². The number of carbonyl (C=O) groups excluding carboxylic acids is 1. The third-order valence-electron chi connectivity index (χ3n) is 0.604. The summed E-state index contributed by atoms with van der Waals surface area (Å²) in [5.74, 6) is 5.27. The number of hydrogen-bond donors (Lipinski definition) is 4. The van der Waals surface area contributed by atoms with Gasteiger partial charge in [0.05, 0.1) is 4.99 Å². The van der Waals surface area contributed by atoms with E-state index < -0.39 is 0 Å². The number of H-pyrrole nitrogens is 1. The molecule has 0 aliphatic heterocycles. The van der Waals surface area contributed by atoms with Crippen molar-refractivity contribution in [1.29, 1.82) is 0 Å². The van der Waals surface area contributed by atoms with Crippen LogP contribution in [-0.4, -0.2) is 26.6 Å². The van der Waals surface area contributed by atoms with E-state index in [0.29, 0.717) is 11.4 Å². The molecule has 0 unspecified atom stereocenters. The number of hydrogen-bond acceptors (Lipinski definition) is 5. The molecule has 7 nitrogen and oxygen atoms in total. The van der Waals surface area contributed by atoms with E-state index in [-0.39, 0.29) is 0 Å². The lowest BCUT2D eigenvalue weighted by atomic mass is 10.8. The molecular weight excluding hydrogens is 204 g/mol. The van der Waals surface area contributed by atoms with E-state index in [9.17, 15) is 0 Å². The molecule has 1 aromatic rings. The van der Waals surface area contributed by atoms with Gasteiger partial charge in [-0.3, -0.25) is 15.3 Å². The van der Waals surface area contributed by atoms with Gasteiger partial charge in [0.2, 0.25) is 6.41 Å². The molecule has 80 valence electrons. The van der Waals surface area contributed by atoms with Gasteiger partial charge in [-0.25, -0.2) is 10.8 Å². The topological polar surface area (TPSA) is 123 Å². The van der Waals surface area contributed by atoms with Gasteiger partial charge in [0.1, 0.15) is 12.2 Å². The molecule has 0 radical (unpaired) electrons. The molecule has 0 saturated carbocycles. The number of nitrogens with two attached hydrogens (primary N) is 2. The largest absolute Gasteiger partial charge is 0.394 e. The zero-order valence-corrected chi connectivity index (χ0v) is 8.84. The summed E-state index contributed by atoms with van der Waals surface area (Å²) in [6, 6.07) is 0. The summed E-state index contributed by atoms with van der Waals surface area (Å²) in [4.78, 5) is 13.2. The lowest BCUT2D eigenvalue weighted by molar-refractivity contribution is -0.109. The summed E-state index contributed by atoms with van der Waals surface area (Å²) in [5.41, 5.74) is 6.59. The molecule has 0 aliphatic carbocycles. The first-order chi connectivity index (χ1) is 6.54. The van der Waals surface area contributed by atoms with Gasteiger partial charge in [-0.2, -0.15) is 5.10 Å². The third-order valence-corrected chi connectivity index (χ3v) is 0.604. The van der Waals surface area contributed by atoms with Crippen molar-refractivity contribution in [3.63, 3.8) is 0 Å². The second-order valence-corrected chi connectivity index (χ2v) is 2.61. The fourth-order valence-corrected chi connectivity index (χ4v) is 0.267. The predicted molar refractivity (Wildman–Crippen MR) is 57.0 cm³/mol. The zero-order valence-electron chi connectivity index (χ0n) is 8.02. The monoisotopic (exact) mass is 218 g/mol. The van der Waals surface area contributed by atoms with Gasteiger partial charge in [-0.15, -0.1) is 0 Å². The first kappa shape index (κ1) is 15.0. The van der Waals surface area contributed by atoms with Crippen molar-refractivity contribution in [3.05, 3.63) is 12.2 Å². The Bertz CT molecular complexity index is 232. The van der Waals surface area contributed by atoms with E-state index in [4.69, 9.17) is 10.5 Å². The number of carbonyl (C=O) groups is 1. The van der Waals surface area contributed by atoms with E-state index >= 15 is 0 Å². The van der Waals surface area contributed by atoms with Crippen molar-refractivity contribution in [2.24, 2.45) is 11.6 Å². The van der Waals surface area contributed by atoms with E-state index in [2.05, 4.69) is 33.2 Å². The van der Waals surface area contributed by atoms with Gasteiger partial charge in [0.15, 0.2) is 0 Å². The molecule has 0 aliphatic rings. The maximum Gasteiger partial charge on any atom is 0.221 e. The average molecular weight is 218 g/mol. The van der Waals surface area contributed by atoms with Crippen LogP contribution >= 0.6 is 12.2 Å². The van der Waals surface area contributed by atoms with Crippen LogP contribution in [0.3, 0.4) is 0 Å². The summed E-state index contributed by atoms with van der Waals surface area (Å²) >= 11 is 4.31. The lowest BCUT2D eigenvalue weighted by Crippen LogP contribution is -2.18. The Hall–Kier alpha value is -1.54. The highest BCUT2D eigenvalue weighted by Crippen LogP contribution is 1.73. The van der Waals surface area contributed by atoms with Gasteiger partial charge in [-0.1, -0.05) is 12.2 Å². The van der Waals surface area contributed by atoms with Crippen molar-refractivity contribution in [1.82, 2.24) is 20.6 Å². The van der Waals surface area contributed by atoms with Crippen LogP contribution in [0.5, 0.6) is 0 Å². The standard InChI is InChI=1S/C3H5N3.C2H5NS.CH4N2O/c1-3-4-2-5-6-3;1-2(3)4;2-3-1-4/h2H,1H3,(H,4,5,6);1H3,(H2,3,4);1H,2H2,(H,3,4). The van der Waals surface area contributed by atoms with Crippen molar-refractivity contribution in [2.75, 3.05) is 0 Å². The van der Waals surface area contributed by atoms with Crippen molar-refractivity contribution in [3.8, 4) is 0 Å². The zero-order chi connectivity index (χ0) is 11.4. The summed E-state index contributed by atoms with van der Waals surface area (Å²) in [6.45, 7) is 3.53. The second kappa shape index (κ2) is 11.5. The molecule has 14 heavy (non-hydrogen) atoms. The number of thiocarbonyl (C=S) groups is 1. The SMILES string of the molecule is CC(N)=S.Cc1ncn[nH]1.NNC=O. The van der Waals surface area contributed by atoms with Crippen molar-refractivity contribution >= 4 is 23.6 Å². The second-order valence-electron chi connectivity index (χ2n) is 1.97. The minimum Gasteiger partial charge on any atom is -0.394 e.